The summed E-state index contributed by atoms with van der Waals surface area (Å²) in [7, 11) is -3.64. The zero-order valence-electron chi connectivity index (χ0n) is 13.0. The Morgan fingerprint density at radius 1 is 1.17 bits per heavy atom. The van der Waals surface area contributed by atoms with E-state index in [1.807, 2.05) is 25.1 Å². The number of aryl methyl sites for hydroxylation is 2. The van der Waals surface area contributed by atoms with Crippen molar-refractivity contribution < 1.29 is 8.42 Å². The van der Waals surface area contributed by atoms with Crippen molar-refractivity contribution >= 4 is 27.5 Å². The van der Waals surface area contributed by atoms with Gasteiger partial charge in [-0.05, 0) is 37.6 Å². The molecule has 23 heavy (non-hydrogen) atoms. The van der Waals surface area contributed by atoms with E-state index in [1.54, 1.807) is 31.2 Å². The highest BCUT2D eigenvalue weighted by Crippen LogP contribution is 2.29. The minimum absolute atomic E-state index is 0.278. The second kappa shape index (κ2) is 7.53. The second-order valence-corrected chi connectivity index (χ2v) is 7.91. The molecule has 0 atom stereocenters. The predicted molar refractivity (Wildman–Crippen MR) is 94.1 cm³/mol. The van der Waals surface area contributed by atoms with Crippen LogP contribution in [-0.4, -0.2) is 14.2 Å². The Balaban J connectivity index is 2.29. The normalized spacial score (nSPS) is 11.0. The first-order chi connectivity index (χ1) is 10.9. The van der Waals surface area contributed by atoms with E-state index in [2.05, 4.69) is 10.8 Å². The van der Waals surface area contributed by atoms with Crippen LogP contribution >= 0.6 is 11.8 Å². The van der Waals surface area contributed by atoms with E-state index in [0.29, 0.717) is 23.4 Å². The van der Waals surface area contributed by atoms with Crippen LogP contribution in [0, 0.1) is 25.2 Å². The first-order valence-electron chi connectivity index (χ1n) is 7.13. The fraction of sp³-hybridized carbons (Fsp3) is 0.235. The van der Waals surface area contributed by atoms with Crippen molar-refractivity contribution in [3.8, 4) is 6.07 Å². The van der Waals surface area contributed by atoms with Crippen LogP contribution in [0.5, 0.6) is 0 Å². The van der Waals surface area contributed by atoms with E-state index >= 15 is 0 Å². The Kier molecular flexibility index (Phi) is 5.69. The van der Waals surface area contributed by atoms with Crippen molar-refractivity contribution in [3.63, 3.8) is 0 Å². The average Bonchev–Trinajstić information content (AvgIpc) is 2.48. The Bertz CT molecular complexity index is 840. The zero-order valence-corrected chi connectivity index (χ0v) is 14.7. The summed E-state index contributed by atoms with van der Waals surface area (Å²) in [6.45, 7) is 3.72. The highest BCUT2D eigenvalue weighted by Gasteiger charge is 2.18. The summed E-state index contributed by atoms with van der Waals surface area (Å²) < 4.78 is 27.9. The van der Waals surface area contributed by atoms with Gasteiger partial charge in [-0.15, -0.1) is 11.8 Å². The van der Waals surface area contributed by atoms with Crippen LogP contribution in [0.4, 0.5) is 5.69 Å². The van der Waals surface area contributed by atoms with E-state index in [4.69, 9.17) is 5.26 Å². The molecule has 0 fully saturated rings. The smallest absolute Gasteiger partial charge is 0.262 e. The maximum atomic E-state index is 12.6. The summed E-state index contributed by atoms with van der Waals surface area (Å²) in [6, 6.07) is 14.6. The molecular formula is C17H18N2O2S2. The Morgan fingerprint density at radius 3 is 2.61 bits per heavy atom. The molecule has 0 aliphatic rings. The van der Waals surface area contributed by atoms with Crippen LogP contribution in [0.25, 0.3) is 0 Å². The van der Waals surface area contributed by atoms with Gasteiger partial charge in [0.05, 0.1) is 16.7 Å². The lowest BCUT2D eigenvalue weighted by atomic mass is 10.2. The van der Waals surface area contributed by atoms with Crippen molar-refractivity contribution in [1.29, 1.82) is 5.26 Å². The Morgan fingerprint density at radius 2 is 1.91 bits per heavy atom. The molecule has 2 rings (SSSR count). The van der Waals surface area contributed by atoms with E-state index in [0.717, 1.165) is 10.5 Å². The molecule has 0 saturated carbocycles. The van der Waals surface area contributed by atoms with Crippen LogP contribution in [0.2, 0.25) is 0 Å². The van der Waals surface area contributed by atoms with Crippen LogP contribution in [0.1, 0.15) is 17.5 Å². The molecule has 0 amide bonds. The standard InChI is InChI=1S/C17H18N2O2S2/c1-13-8-9-17(14(2)12-13)23(20,21)19-15-6-3-4-7-16(15)22-11-5-10-18/h3-4,6-9,12,19H,5,11H2,1-2H3. The van der Waals surface area contributed by atoms with Crippen LogP contribution in [-0.2, 0) is 10.0 Å². The summed E-state index contributed by atoms with van der Waals surface area (Å²) in [6.07, 6.45) is 0.419. The van der Waals surface area contributed by atoms with E-state index in [1.165, 1.54) is 11.8 Å². The Labute approximate surface area is 141 Å². The van der Waals surface area contributed by atoms with Gasteiger partial charge >= 0.3 is 0 Å². The van der Waals surface area contributed by atoms with Gasteiger partial charge in [0.2, 0.25) is 0 Å². The van der Waals surface area contributed by atoms with Crippen LogP contribution < -0.4 is 4.72 Å². The molecule has 0 heterocycles. The summed E-state index contributed by atoms with van der Waals surface area (Å²) in [4.78, 5) is 1.09. The molecule has 120 valence electrons. The van der Waals surface area contributed by atoms with Crippen molar-refractivity contribution in [2.24, 2.45) is 0 Å². The van der Waals surface area contributed by atoms with Gasteiger partial charge in [-0.3, -0.25) is 4.72 Å². The van der Waals surface area contributed by atoms with Gasteiger partial charge < -0.3 is 0 Å². The number of anilines is 1. The highest BCUT2D eigenvalue weighted by atomic mass is 32.2. The number of nitrogens with one attached hydrogen (secondary N) is 1. The zero-order chi connectivity index (χ0) is 16.9. The van der Waals surface area contributed by atoms with Crippen molar-refractivity contribution in [2.45, 2.75) is 30.1 Å². The monoisotopic (exact) mass is 346 g/mol. The molecule has 0 spiro atoms. The van der Waals surface area contributed by atoms with Crippen molar-refractivity contribution in [1.82, 2.24) is 0 Å². The van der Waals surface area contributed by atoms with E-state index < -0.39 is 10.0 Å². The molecular weight excluding hydrogens is 328 g/mol. The molecule has 4 nitrogen and oxygen atoms in total. The molecule has 0 aliphatic heterocycles. The topological polar surface area (TPSA) is 70.0 Å². The lowest BCUT2D eigenvalue weighted by Gasteiger charge is -2.13. The molecule has 0 aromatic heterocycles. The number of nitrogens with zero attached hydrogens (tertiary/aromatic N) is 1. The van der Waals surface area contributed by atoms with Crippen molar-refractivity contribution in [2.75, 3.05) is 10.5 Å². The quantitative estimate of drug-likeness (QED) is 0.631. The maximum Gasteiger partial charge on any atom is 0.262 e. The first kappa shape index (κ1) is 17.4. The lowest BCUT2D eigenvalue weighted by molar-refractivity contribution is 0.600. The number of thioether (sulfide) groups is 1. The second-order valence-electron chi connectivity index (χ2n) is 5.13. The average molecular weight is 346 g/mol. The molecule has 6 heteroatoms. The minimum Gasteiger partial charge on any atom is -0.278 e. The Hall–Kier alpha value is -1.97. The van der Waals surface area contributed by atoms with Gasteiger partial charge in [0, 0.05) is 17.1 Å². The molecule has 2 aromatic rings. The lowest BCUT2D eigenvalue weighted by Crippen LogP contribution is -2.15. The summed E-state index contributed by atoms with van der Waals surface area (Å²) in [5.74, 6) is 0.624. The molecule has 0 unspecified atom stereocenters. The number of rotatable bonds is 6. The predicted octanol–water partition coefficient (Wildman–Crippen LogP) is 4.11. The third-order valence-electron chi connectivity index (χ3n) is 3.22. The van der Waals surface area contributed by atoms with E-state index in [9.17, 15) is 8.42 Å². The molecule has 1 N–H and O–H groups in total. The third-order valence-corrected chi connectivity index (χ3v) is 5.82. The molecule has 0 saturated heterocycles. The SMILES string of the molecule is Cc1ccc(S(=O)(=O)Nc2ccccc2SCCC#N)c(C)c1. The van der Waals surface area contributed by atoms with Gasteiger partial charge in [-0.25, -0.2) is 8.42 Å². The van der Waals surface area contributed by atoms with E-state index in [-0.39, 0.29) is 4.90 Å². The number of sulfonamides is 1. The molecule has 0 aliphatic carbocycles. The van der Waals surface area contributed by atoms with Crippen molar-refractivity contribution in [3.05, 3.63) is 53.6 Å². The van der Waals surface area contributed by atoms with Gasteiger partial charge in [0.25, 0.3) is 10.0 Å². The maximum absolute atomic E-state index is 12.6. The van der Waals surface area contributed by atoms with Gasteiger partial charge in [0.15, 0.2) is 0 Å². The first-order valence-corrected chi connectivity index (χ1v) is 9.60. The third kappa shape index (κ3) is 4.50. The number of benzene rings is 2. The minimum atomic E-state index is -3.64. The van der Waals surface area contributed by atoms with Gasteiger partial charge in [0.1, 0.15) is 0 Å². The number of para-hydroxylation sites is 1. The summed E-state index contributed by atoms with van der Waals surface area (Å²) in [5.41, 5.74) is 2.27. The summed E-state index contributed by atoms with van der Waals surface area (Å²) >= 11 is 1.46. The largest absolute Gasteiger partial charge is 0.278 e. The fourth-order valence-electron chi connectivity index (χ4n) is 2.18. The molecule has 2 aromatic carbocycles. The van der Waals surface area contributed by atoms with Gasteiger partial charge in [-0.2, -0.15) is 5.26 Å². The number of hydrogen-bond acceptors (Lipinski definition) is 4. The number of hydrogen-bond donors (Lipinski definition) is 1. The van der Waals surface area contributed by atoms with Crippen LogP contribution in [0.3, 0.4) is 0 Å². The number of nitriles is 1. The highest BCUT2D eigenvalue weighted by molar-refractivity contribution is 7.99. The van der Waals surface area contributed by atoms with Gasteiger partial charge in [-0.1, -0.05) is 29.8 Å². The molecule has 0 bridgehead atoms. The molecule has 0 radical (unpaired) electrons. The fourth-order valence-corrected chi connectivity index (χ4v) is 4.42. The van der Waals surface area contributed by atoms with Crippen LogP contribution in [0.15, 0.2) is 52.3 Å². The summed E-state index contributed by atoms with van der Waals surface area (Å²) in [5, 5.41) is 8.63.